The van der Waals surface area contributed by atoms with Crippen LogP contribution in [-0.4, -0.2) is 54.7 Å². The molecule has 1 aromatic carbocycles. The standard InChI is InChI=1S/C18H20N6O4S/c1-13-6-9-24(23-13)18-5-4-17(21-22-18)19-7-8-20-29(25,26)14-2-3-15-16(12-14)28-11-10-27-15/h2-6,9,12,20H,7-8,10-11H2,1H3,(H,19,21). The maximum atomic E-state index is 12.5. The smallest absolute Gasteiger partial charge is 0.240 e. The predicted octanol–water partition coefficient (Wildman–Crippen LogP) is 1.13. The second kappa shape index (κ2) is 8.05. The summed E-state index contributed by atoms with van der Waals surface area (Å²) in [6.45, 7) is 3.27. The maximum Gasteiger partial charge on any atom is 0.240 e. The number of aromatic nitrogens is 4. The van der Waals surface area contributed by atoms with Gasteiger partial charge in [-0.25, -0.2) is 17.8 Å². The number of sulfonamides is 1. The highest BCUT2D eigenvalue weighted by Crippen LogP contribution is 2.32. The molecular formula is C18H20N6O4S. The van der Waals surface area contributed by atoms with Gasteiger partial charge in [0.15, 0.2) is 17.3 Å². The fraction of sp³-hybridized carbons (Fsp3) is 0.278. The number of ether oxygens (including phenoxy) is 2. The number of nitrogens with zero attached hydrogens (tertiary/aromatic N) is 4. The lowest BCUT2D eigenvalue weighted by Gasteiger charge is -2.19. The van der Waals surface area contributed by atoms with E-state index < -0.39 is 10.0 Å². The molecule has 0 spiro atoms. The molecule has 29 heavy (non-hydrogen) atoms. The summed E-state index contributed by atoms with van der Waals surface area (Å²) in [4.78, 5) is 0.125. The molecule has 0 amide bonds. The molecule has 4 rings (SSSR count). The van der Waals surface area contributed by atoms with Crippen molar-refractivity contribution in [1.29, 1.82) is 0 Å². The molecule has 10 nitrogen and oxygen atoms in total. The van der Waals surface area contributed by atoms with Crippen molar-refractivity contribution in [3.8, 4) is 17.3 Å². The zero-order chi connectivity index (χ0) is 20.3. The molecule has 3 heterocycles. The first-order chi connectivity index (χ1) is 14.0. The summed E-state index contributed by atoms with van der Waals surface area (Å²) in [5.74, 6) is 2.11. The van der Waals surface area contributed by atoms with Crippen molar-refractivity contribution in [3.05, 3.63) is 48.3 Å². The minimum absolute atomic E-state index is 0.125. The Morgan fingerprint density at radius 2 is 1.86 bits per heavy atom. The Hall–Kier alpha value is -3.18. The first-order valence-electron chi connectivity index (χ1n) is 9.01. The van der Waals surface area contributed by atoms with E-state index in [4.69, 9.17) is 9.47 Å². The summed E-state index contributed by atoms with van der Waals surface area (Å²) in [6, 6.07) is 9.97. The van der Waals surface area contributed by atoms with Gasteiger partial charge >= 0.3 is 0 Å². The number of aryl methyl sites for hydroxylation is 1. The van der Waals surface area contributed by atoms with E-state index >= 15 is 0 Å². The number of rotatable bonds is 7. The Bertz CT molecular complexity index is 1100. The normalized spacial score (nSPS) is 13.3. The molecule has 3 aromatic rings. The Kier molecular flexibility index (Phi) is 5.32. The van der Waals surface area contributed by atoms with Crippen molar-refractivity contribution in [2.75, 3.05) is 31.6 Å². The third-order valence-electron chi connectivity index (χ3n) is 4.15. The maximum absolute atomic E-state index is 12.5. The van der Waals surface area contributed by atoms with Crippen LogP contribution in [0.15, 0.2) is 47.5 Å². The number of benzene rings is 1. The van der Waals surface area contributed by atoms with Gasteiger partial charge in [0, 0.05) is 25.4 Å². The van der Waals surface area contributed by atoms with Crippen molar-refractivity contribution < 1.29 is 17.9 Å². The SMILES string of the molecule is Cc1ccn(-c2ccc(NCCNS(=O)(=O)c3ccc4c(c3)OCCO4)nn2)n1. The summed E-state index contributed by atoms with van der Waals surface area (Å²) in [5, 5.41) is 15.5. The van der Waals surface area contributed by atoms with E-state index in [2.05, 4.69) is 25.3 Å². The average molecular weight is 416 g/mol. The predicted molar refractivity (Wildman–Crippen MR) is 105 cm³/mol. The van der Waals surface area contributed by atoms with E-state index in [0.29, 0.717) is 42.9 Å². The van der Waals surface area contributed by atoms with Gasteiger partial charge in [0.1, 0.15) is 19.0 Å². The van der Waals surface area contributed by atoms with Gasteiger partial charge in [0.05, 0.1) is 10.6 Å². The van der Waals surface area contributed by atoms with Crippen LogP contribution >= 0.6 is 0 Å². The van der Waals surface area contributed by atoms with E-state index in [1.165, 1.54) is 12.1 Å². The first kappa shape index (κ1) is 19.2. The van der Waals surface area contributed by atoms with Crippen LogP contribution in [-0.2, 0) is 10.0 Å². The number of hydrogen-bond acceptors (Lipinski definition) is 8. The zero-order valence-electron chi connectivity index (χ0n) is 15.7. The highest BCUT2D eigenvalue weighted by molar-refractivity contribution is 7.89. The fourth-order valence-electron chi connectivity index (χ4n) is 2.73. The number of fused-ring (bicyclic) bond motifs is 1. The molecule has 0 saturated heterocycles. The van der Waals surface area contributed by atoms with Gasteiger partial charge < -0.3 is 14.8 Å². The van der Waals surface area contributed by atoms with Gasteiger partial charge in [-0.15, -0.1) is 10.2 Å². The molecular weight excluding hydrogens is 396 g/mol. The van der Waals surface area contributed by atoms with Gasteiger partial charge in [0.2, 0.25) is 10.0 Å². The van der Waals surface area contributed by atoms with Crippen LogP contribution in [0.3, 0.4) is 0 Å². The topological polar surface area (TPSA) is 120 Å². The summed E-state index contributed by atoms with van der Waals surface area (Å²) >= 11 is 0. The highest BCUT2D eigenvalue weighted by atomic mass is 32.2. The lowest BCUT2D eigenvalue weighted by molar-refractivity contribution is 0.171. The van der Waals surface area contributed by atoms with Crippen molar-refractivity contribution in [2.45, 2.75) is 11.8 Å². The van der Waals surface area contributed by atoms with Crippen molar-refractivity contribution in [3.63, 3.8) is 0 Å². The largest absolute Gasteiger partial charge is 0.486 e. The Morgan fingerprint density at radius 3 is 2.59 bits per heavy atom. The van der Waals surface area contributed by atoms with Crippen LogP contribution in [0.1, 0.15) is 5.69 Å². The van der Waals surface area contributed by atoms with E-state index in [9.17, 15) is 8.42 Å². The molecule has 0 fully saturated rings. The lowest BCUT2D eigenvalue weighted by atomic mass is 10.3. The number of nitrogens with one attached hydrogen (secondary N) is 2. The first-order valence-corrected chi connectivity index (χ1v) is 10.5. The molecule has 0 saturated carbocycles. The van der Waals surface area contributed by atoms with Crippen LogP contribution in [0.5, 0.6) is 11.5 Å². The fourth-order valence-corrected chi connectivity index (χ4v) is 3.78. The molecule has 0 bridgehead atoms. The van der Waals surface area contributed by atoms with Crippen molar-refractivity contribution in [1.82, 2.24) is 24.7 Å². The summed E-state index contributed by atoms with van der Waals surface area (Å²) in [6.07, 6.45) is 1.80. The third kappa shape index (κ3) is 4.46. The Labute approximate surface area is 167 Å². The van der Waals surface area contributed by atoms with Crippen LogP contribution < -0.4 is 19.5 Å². The molecule has 11 heteroatoms. The molecule has 152 valence electrons. The van der Waals surface area contributed by atoms with Crippen LogP contribution in [0, 0.1) is 6.92 Å². The molecule has 2 N–H and O–H groups in total. The number of hydrogen-bond donors (Lipinski definition) is 2. The van der Waals surface area contributed by atoms with E-state index in [-0.39, 0.29) is 11.4 Å². The minimum Gasteiger partial charge on any atom is -0.486 e. The minimum atomic E-state index is -3.66. The zero-order valence-corrected chi connectivity index (χ0v) is 16.5. The summed E-state index contributed by atoms with van der Waals surface area (Å²) < 4.78 is 39.9. The van der Waals surface area contributed by atoms with Gasteiger partial charge in [-0.2, -0.15) is 5.10 Å². The Morgan fingerprint density at radius 1 is 1.03 bits per heavy atom. The molecule has 0 atom stereocenters. The number of anilines is 1. The quantitative estimate of drug-likeness (QED) is 0.550. The van der Waals surface area contributed by atoms with Gasteiger partial charge in [-0.05, 0) is 37.3 Å². The van der Waals surface area contributed by atoms with Crippen LogP contribution in [0.25, 0.3) is 5.82 Å². The van der Waals surface area contributed by atoms with E-state index in [1.807, 2.05) is 13.0 Å². The van der Waals surface area contributed by atoms with Crippen LogP contribution in [0.2, 0.25) is 0 Å². The molecule has 0 aliphatic carbocycles. The second-order valence-corrected chi connectivity index (χ2v) is 8.08. The molecule has 0 unspecified atom stereocenters. The van der Waals surface area contributed by atoms with Crippen molar-refractivity contribution in [2.24, 2.45) is 0 Å². The van der Waals surface area contributed by atoms with E-state index in [0.717, 1.165) is 5.69 Å². The van der Waals surface area contributed by atoms with E-state index in [1.54, 1.807) is 29.1 Å². The van der Waals surface area contributed by atoms with Crippen LogP contribution in [0.4, 0.5) is 5.82 Å². The van der Waals surface area contributed by atoms with Crippen molar-refractivity contribution >= 4 is 15.8 Å². The Balaban J connectivity index is 1.30. The molecule has 0 radical (unpaired) electrons. The molecule has 1 aliphatic heterocycles. The highest BCUT2D eigenvalue weighted by Gasteiger charge is 2.18. The van der Waals surface area contributed by atoms with Gasteiger partial charge in [-0.1, -0.05) is 0 Å². The third-order valence-corrected chi connectivity index (χ3v) is 5.61. The summed E-state index contributed by atoms with van der Waals surface area (Å²) in [5.41, 5.74) is 0.888. The lowest BCUT2D eigenvalue weighted by Crippen LogP contribution is -2.29. The van der Waals surface area contributed by atoms with Gasteiger partial charge in [0.25, 0.3) is 0 Å². The van der Waals surface area contributed by atoms with Gasteiger partial charge in [-0.3, -0.25) is 0 Å². The monoisotopic (exact) mass is 416 g/mol. The molecule has 1 aliphatic rings. The molecule has 2 aromatic heterocycles. The average Bonchev–Trinajstić information content (AvgIpc) is 3.17. The summed E-state index contributed by atoms with van der Waals surface area (Å²) in [7, 11) is -3.66. The second-order valence-electron chi connectivity index (χ2n) is 6.31.